The lowest BCUT2D eigenvalue weighted by atomic mass is 10.2. The number of halogens is 3. The van der Waals surface area contributed by atoms with Gasteiger partial charge in [0.15, 0.2) is 11.5 Å². The van der Waals surface area contributed by atoms with Gasteiger partial charge in [0.2, 0.25) is 15.9 Å². The smallest absolute Gasteiger partial charge is 0.416 e. The second-order valence-electron chi connectivity index (χ2n) is 6.60. The molecule has 0 spiro atoms. The van der Waals surface area contributed by atoms with Crippen molar-refractivity contribution < 1.29 is 26.3 Å². The van der Waals surface area contributed by atoms with Crippen LogP contribution in [0.1, 0.15) is 5.56 Å². The van der Waals surface area contributed by atoms with Gasteiger partial charge in [0.1, 0.15) is 6.61 Å². The summed E-state index contributed by atoms with van der Waals surface area (Å²) >= 11 is 0. The van der Waals surface area contributed by atoms with E-state index in [0.29, 0.717) is 17.5 Å². The van der Waals surface area contributed by atoms with Crippen molar-refractivity contribution in [2.45, 2.75) is 11.1 Å². The molecule has 0 aliphatic heterocycles. The van der Waals surface area contributed by atoms with Crippen molar-refractivity contribution in [3.05, 3.63) is 72.3 Å². The second-order valence-corrected chi connectivity index (χ2v) is 8.37. The van der Waals surface area contributed by atoms with Crippen molar-refractivity contribution in [3.63, 3.8) is 0 Å². The van der Waals surface area contributed by atoms with Gasteiger partial charge in [-0.15, -0.1) is 15.3 Å². The highest BCUT2D eigenvalue weighted by Crippen LogP contribution is 2.30. The lowest BCUT2D eigenvalue weighted by Crippen LogP contribution is -2.28. The summed E-state index contributed by atoms with van der Waals surface area (Å²) in [5, 5.41) is 12.5. The van der Waals surface area contributed by atoms with E-state index in [9.17, 15) is 21.6 Å². The Labute approximate surface area is 180 Å². The standard InChI is InChI=1S/C20H16F3N5O3S/c21-20(22,23)15-7-4-8-16(13-15)32(29,30)24-11-12-31-18-10-9-17-25-26-19(28(17)27-18)14-5-2-1-3-6-14/h1-10,13,24H,11-12H2. The van der Waals surface area contributed by atoms with E-state index in [1.54, 1.807) is 12.1 Å². The van der Waals surface area contributed by atoms with Crippen LogP contribution in [0.4, 0.5) is 13.2 Å². The molecule has 0 saturated heterocycles. The lowest BCUT2D eigenvalue weighted by Gasteiger charge is -2.11. The Hall–Kier alpha value is -3.51. The average molecular weight is 463 g/mol. The van der Waals surface area contributed by atoms with E-state index >= 15 is 0 Å². The maximum absolute atomic E-state index is 12.8. The third kappa shape index (κ3) is 4.70. The molecule has 0 radical (unpaired) electrons. The Bertz CT molecular complexity index is 1340. The van der Waals surface area contributed by atoms with Gasteiger partial charge < -0.3 is 4.74 Å². The molecule has 12 heteroatoms. The number of nitrogens with one attached hydrogen (secondary N) is 1. The van der Waals surface area contributed by atoms with E-state index < -0.39 is 26.7 Å². The van der Waals surface area contributed by atoms with Gasteiger partial charge in [-0.25, -0.2) is 13.1 Å². The number of alkyl halides is 3. The topological polar surface area (TPSA) is 98.5 Å². The second kappa shape index (κ2) is 8.55. The lowest BCUT2D eigenvalue weighted by molar-refractivity contribution is -0.137. The first kappa shape index (κ1) is 21.7. The summed E-state index contributed by atoms with van der Waals surface area (Å²) in [7, 11) is -4.14. The third-order valence-electron chi connectivity index (χ3n) is 4.39. The first-order chi connectivity index (χ1) is 15.2. The summed E-state index contributed by atoms with van der Waals surface area (Å²) in [5.41, 5.74) is 0.261. The number of benzene rings is 2. The van der Waals surface area contributed by atoms with Crippen LogP contribution in [0.25, 0.3) is 17.0 Å². The Morgan fingerprint density at radius 3 is 2.50 bits per heavy atom. The third-order valence-corrected chi connectivity index (χ3v) is 5.84. The number of nitrogens with zero attached hydrogens (tertiary/aromatic N) is 4. The van der Waals surface area contributed by atoms with Crippen molar-refractivity contribution in [1.29, 1.82) is 0 Å². The zero-order valence-electron chi connectivity index (χ0n) is 16.3. The molecule has 2 heterocycles. The molecule has 0 aliphatic carbocycles. The zero-order chi connectivity index (χ0) is 22.8. The normalized spacial score (nSPS) is 12.2. The largest absolute Gasteiger partial charge is 0.475 e. The first-order valence-electron chi connectivity index (χ1n) is 9.32. The van der Waals surface area contributed by atoms with E-state index in [-0.39, 0.29) is 19.0 Å². The van der Waals surface area contributed by atoms with E-state index in [1.165, 1.54) is 4.52 Å². The van der Waals surface area contributed by atoms with Gasteiger partial charge in [0, 0.05) is 18.2 Å². The van der Waals surface area contributed by atoms with Gasteiger partial charge in [0.05, 0.1) is 10.5 Å². The Balaban J connectivity index is 1.41. The molecular formula is C20H16F3N5O3S. The molecule has 0 bridgehead atoms. The minimum Gasteiger partial charge on any atom is -0.475 e. The van der Waals surface area contributed by atoms with Crippen molar-refractivity contribution in [1.82, 2.24) is 24.5 Å². The van der Waals surface area contributed by atoms with Crippen LogP contribution >= 0.6 is 0 Å². The van der Waals surface area contributed by atoms with Crippen molar-refractivity contribution in [2.24, 2.45) is 0 Å². The summed E-state index contributed by atoms with van der Waals surface area (Å²) < 4.78 is 72.3. The van der Waals surface area contributed by atoms with Crippen LogP contribution < -0.4 is 9.46 Å². The van der Waals surface area contributed by atoms with Crippen LogP contribution in [-0.4, -0.2) is 41.4 Å². The Kier molecular flexibility index (Phi) is 5.80. The van der Waals surface area contributed by atoms with Crippen molar-refractivity contribution >= 4 is 15.7 Å². The van der Waals surface area contributed by atoms with E-state index in [0.717, 1.165) is 23.8 Å². The van der Waals surface area contributed by atoms with Gasteiger partial charge in [-0.3, -0.25) is 0 Å². The van der Waals surface area contributed by atoms with Crippen LogP contribution in [0.3, 0.4) is 0 Å². The number of rotatable bonds is 7. The minimum atomic E-state index is -4.64. The molecule has 0 saturated carbocycles. The highest BCUT2D eigenvalue weighted by Gasteiger charge is 2.31. The fourth-order valence-electron chi connectivity index (χ4n) is 2.87. The predicted octanol–water partition coefficient (Wildman–Crippen LogP) is 3.17. The Morgan fingerprint density at radius 2 is 1.75 bits per heavy atom. The summed E-state index contributed by atoms with van der Waals surface area (Å²) in [5.74, 6) is 0.712. The van der Waals surface area contributed by atoms with Gasteiger partial charge >= 0.3 is 6.18 Å². The molecular weight excluding hydrogens is 447 g/mol. The molecule has 0 atom stereocenters. The number of ether oxygens (including phenoxy) is 1. The highest BCUT2D eigenvalue weighted by atomic mass is 32.2. The summed E-state index contributed by atoms with van der Waals surface area (Å²) in [6, 6.07) is 16.0. The van der Waals surface area contributed by atoms with Crippen LogP contribution in [0, 0.1) is 0 Å². The first-order valence-corrected chi connectivity index (χ1v) is 10.8. The predicted molar refractivity (Wildman–Crippen MR) is 108 cm³/mol. The van der Waals surface area contributed by atoms with Crippen molar-refractivity contribution in [3.8, 4) is 17.3 Å². The van der Waals surface area contributed by atoms with Crippen LogP contribution in [0.5, 0.6) is 5.88 Å². The van der Waals surface area contributed by atoms with E-state index in [1.807, 2.05) is 30.3 Å². The molecule has 32 heavy (non-hydrogen) atoms. The number of aromatic nitrogens is 4. The number of sulfonamides is 1. The quantitative estimate of drug-likeness (QED) is 0.423. The molecule has 0 fully saturated rings. The van der Waals surface area contributed by atoms with E-state index in [2.05, 4.69) is 20.0 Å². The van der Waals surface area contributed by atoms with Gasteiger partial charge in [-0.2, -0.15) is 17.7 Å². The monoisotopic (exact) mass is 463 g/mol. The molecule has 1 N–H and O–H groups in total. The van der Waals surface area contributed by atoms with Crippen LogP contribution in [0.2, 0.25) is 0 Å². The molecule has 2 aromatic carbocycles. The molecule has 4 rings (SSSR count). The van der Waals surface area contributed by atoms with Crippen LogP contribution in [0.15, 0.2) is 71.6 Å². The number of hydrogen-bond acceptors (Lipinski definition) is 6. The van der Waals surface area contributed by atoms with E-state index in [4.69, 9.17) is 4.74 Å². The zero-order valence-corrected chi connectivity index (χ0v) is 17.1. The van der Waals surface area contributed by atoms with Crippen LogP contribution in [-0.2, 0) is 16.2 Å². The maximum Gasteiger partial charge on any atom is 0.416 e. The summed E-state index contributed by atoms with van der Waals surface area (Å²) in [6.45, 7) is -0.272. The average Bonchev–Trinajstić information content (AvgIpc) is 3.20. The van der Waals surface area contributed by atoms with Gasteiger partial charge in [-0.05, 0) is 24.3 Å². The number of hydrogen-bond donors (Lipinski definition) is 1. The fraction of sp³-hybridized carbons (Fsp3) is 0.150. The molecule has 0 unspecified atom stereocenters. The Morgan fingerprint density at radius 1 is 0.969 bits per heavy atom. The highest BCUT2D eigenvalue weighted by molar-refractivity contribution is 7.89. The molecule has 2 aromatic heterocycles. The molecule has 8 nitrogen and oxygen atoms in total. The molecule has 0 aliphatic rings. The fourth-order valence-corrected chi connectivity index (χ4v) is 3.93. The molecule has 4 aromatic rings. The molecule has 0 amide bonds. The van der Waals surface area contributed by atoms with Gasteiger partial charge in [0.25, 0.3) is 0 Å². The summed E-state index contributed by atoms with van der Waals surface area (Å²) in [4.78, 5) is -0.483. The maximum atomic E-state index is 12.8. The minimum absolute atomic E-state index is 0.0977. The van der Waals surface area contributed by atoms with Gasteiger partial charge in [-0.1, -0.05) is 36.4 Å². The van der Waals surface area contributed by atoms with Crippen molar-refractivity contribution in [2.75, 3.05) is 13.2 Å². The SMILES string of the molecule is O=S(=O)(NCCOc1ccc2nnc(-c3ccccc3)n2n1)c1cccc(C(F)(F)F)c1. The molecule has 166 valence electrons. The number of fused-ring (bicyclic) bond motifs is 1. The summed E-state index contributed by atoms with van der Waals surface area (Å²) in [6.07, 6.45) is -4.64.